The van der Waals surface area contributed by atoms with Gasteiger partial charge in [-0.15, -0.1) is 0 Å². The van der Waals surface area contributed by atoms with Crippen LogP contribution in [0.25, 0.3) is 0 Å². The maximum absolute atomic E-state index is 9.64. The number of aliphatic carboxylic acids is 4. The van der Waals surface area contributed by atoms with Crippen molar-refractivity contribution in [3.05, 3.63) is 0 Å². The number of carbonyl (C=O) groups is 5. The summed E-state index contributed by atoms with van der Waals surface area (Å²) in [5, 5.41) is 31.6. The minimum Gasteiger partial charge on any atom is -1.00 e. The van der Waals surface area contributed by atoms with Crippen LogP contribution in [0.2, 0.25) is 0 Å². The van der Waals surface area contributed by atoms with E-state index >= 15 is 0 Å². The predicted molar refractivity (Wildman–Crippen MR) is 57.2 cm³/mol. The Labute approximate surface area is 132 Å². The monoisotopic (exact) mass is 290 g/mol. The van der Waals surface area contributed by atoms with Gasteiger partial charge in [0.1, 0.15) is 6.79 Å². The summed E-state index contributed by atoms with van der Waals surface area (Å²) in [5.74, 6) is -4.31. The van der Waals surface area contributed by atoms with Gasteiger partial charge >= 0.3 is 53.4 Å². The van der Waals surface area contributed by atoms with E-state index in [9.17, 15) is 19.2 Å². The molecule has 0 rings (SSSR count). The van der Waals surface area contributed by atoms with E-state index in [-0.39, 0.29) is 56.7 Å². The molecule has 0 fully saturated rings. The Hall–Kier alpha value is -1.45. The van der Waals surface area contributed by atoms with Crippen molar-refractivity contribution in [1.82, 2.24) is 0 Å². The summed E-state index contributed by atoms with van der Waals surface area (Å²) < 4.78 is 0. The smallest absolute Gasteiger partial charge is 1.00 e. The maximum Gasteiger partial charge on any atom is 1.00 e. The number of hydrogen-bond acceptors (Lipinski definition) is 5. The zero-order valence-electron chi connectivity index (χ0n) is 11.4. The largest absolute Gasteiger partial charge is 1.00 e. The van der Waals surface area contributed by atoms with Gasteiger partial charge in [-0.25, -0.2) is 0 Å². The second-order valence-electron chi connectivity index (χ2n) is 2.57. The molecule has 0 atom stereocenters. The van der Waals surface area contributed by atoms with E-state index in [1.807, 2.05) is 6.79 Å². The van der Waals surface area contributed by atoms with E-state index in [0.29, 0.717) is 0 Å². The molecule has 10 heteroatoms. The molecule has 0 aromatic carbocycles. The molecular weight excluding hydrogens is 275 g/mol. The average Bonchev–Trinajstić information content (AvgIpc) is 2.27. The van der Waals surface area contributed by atoms with Crippen LogP contribution in [0.3, 0.4) is 0 Å². The number of carbonyl (C=O) groups excluding carboxylic acids is 1. The minimum atomic E-state index is -1.08. The van der Waals surface area contributed by atoms with E-state index in [1.165, 1.54) is 0 Å². The Bertz CT molecular complexity index is 239. The fourth-order valence-electron chi connectivity index (χ4n) is 0.428. The van der Waals surface area contributed by atoms with Crippen LogP contribution >= 0.6 is 0 Å². The van der Waals surface area contributed by atoms with Crippen LogP contribution in [0.1, 0.15) is 27.1 Å². The van der Waals surface area contributed by atoms with Crippen LogP contribution in [0.5, 0.6) is 0 Å². The normalized spacial score (nSPS) is 7.37. The molecule has 4 N–H and O–H groups in total. The fraction of sp³-hybridized carbons (Fsp3) is 0.444. The minimum absolute atomic E-state index is 0. The first-order valence-electron chi connectivity index (χ1n) is 4.41. The van der Waals surface area contributed by atoms with Gasteiger partial charge < -0.3 is 26.6 Å². The van der Waals surface area contributed by atoms with Crippen molar-refractivity contribution >= 4 is 30.7 Å². The maximum atomic E-state index is 9.64. The van der Waals surface area contributed by atoms with Gasteiger partial charge in [0.05, 0.1) is 25.7 Å². The van der Waals surface area contributed by atoms with E-state index < -0.39 is 23.9 Å². The first-order chi connectivity index (χ1) is 8.25. The van der Waals surface area contributed by atoms with Gasteiger partial charge in [0.2, 0.25) is 0 Å². The van der Waals surface area contributed by atoms with E-state index in [0.717, 1.165) is 0 Å². The third-order valence-corrected chi connectivity index (χ3v) is 1.11. The van der Waals surface area contributed by atoms with Crippen molar-refractivity contribution < 1.29 is 75.4 Å². The van der Waals surface area contributed by atoms with Crippen LogP contribution in [0.4, 0.5) is 0 Å². The molecule has 0 amide bonds. The van der Waals surface area contributed by atoms with E-state index in [1.54, 1.807) is 0 Å². The van der Waals surface area contributed by atoms with Gasteiger partial charge in [0.25, 0.3) is 0 Å². The van der Waals surface area contributed by atoms with Crippen LogP contribution in [0.15, 0.2) is 0 Å². The molecule has 0 aromatic heterocycles. The van der Waals surface area contributed by atoms with Crippen LogP contribution in [0, 0.1) is 0 Å². The quantitative estimate of drug-likeness (QED) is 0.368. The summed E-state index contributed by atoms with van der Waals surface area (Å²) in [4.78, 5) is 46.6. The number of rotatable bonds is 6. The summed E-state index contributed by atoms with van der Waals surface area (Å²) in [6.07, 6.45) is -1.19. The molecule has 0 unspecified atom stereocenters. The molecular formula is C9H15NaO9. The Kier molecular flexibility index (Phi) is 26.0. The van der Waals surface area contributed by atoms with Crippen LogP contribution in [-0.4, -0.2) is 51.1 Å². The molecule has 0 radical (unpaired) electrons. The summed E-state index contributed by atoms with van der Waals surface area (Å²) >= 11 is 0. The van der Waals surface area contributed by atoms with Gasteiger partial charge in [-0.2, -0.15) is 0 Å². The summed E-state index contributed by atoms with van der Waals surface area (Å²) in [5.41, 5.74) is 0. The number of carboxylic acid groups (broad SMARTS) is 4. The van der Waals surface area contributed by atoms with E-state index in [4.69, 9.17) is 25.2 Å². The van der Waals surface area contributed by atoms with Crippen molar-refractivity contribution in [2.24, 2.45) is 0 Å². The zero-order chi connectivity index (χ0) is 15.1. The standard InChI is InChI=1S/2C4H6O4.CH2O.Na.H/c2*5-3(6)1-2-4(7)8;1-2;;/h2*1-2H2,(H,5,6)(H,7,8);1H2;;/q;;;+1;-1. The molecule has 0 aromatic rings. The Balaban J connectivity index is -0.0000000611. The molecule has 0 aliphatic carbocycles. The second kappa shape index (κ2) is 18.9. The van der Waals surface area contributed by atoms with Gasteiger partial charge in [-0.3, -0.25) is 19.2 Å². The van der Waals surface area contributed by atoms with Crippen molar-refractivity contribution in [1.29, 1.82) is 0 Å². The Morgan fingerprint density at radius 3 is 0.789 bits per heavy atom. The van der Waals surface area contributed by atoms with Crippen LogP contribution in [-0.2, 0) is 24.0 Å². The molecule has 0 saturated heterocycles. The third-order valence-electron chi connectivity index (χ3n) is 1.11. The zero-order valence-corrected chi connectivity index (χ0v) is 12.4. The fourth-order valence-corrected chi connectivity index (χ4v) is 0.428. The van der Waals surface area contributed by atoms with E-state index in [2.05, 4.69) is 0 Å². The molecule has 0 saturated carbocycles. The van der Waals surface area contributed by atoms with Gasteiger partial charge in [-0.1, -0.05) is 0 Å². The second-order valence-corrected chi connectivity index (χ2v) is 2.57. The topological polar surface area (TPSA) is 166 Å². The Morgan fingerprint density at radius 1 is 0.632 bits per heavy atom. The molecule has 106 valence electrons. The van der Waals surface area contributed by atoms with Gasteiger partial charge in [-0.05, 0) is 0 Å². The van der Waals surface area contributed by atoms with Gasteiger partial charge in [0, 0.05) is 0 Å². The predicted octanol–water partition coefficient (Wildman–Crippen LogP) is -3.20. The number of hydrogen-bond donors (Lipinski definition) is 4. The van der Waals surface area contributed by atoms with Crippen molar-refractivity contribution in [3.63, 3.8) is 0 Å². The van der Waals surface area contributed by atoms with Crippen molar-refractivity contribution in [3.8, 4) is 0 Å². The van der Waals surface area contributed by atoms with Crippen molar-refractivity contribution in [2.75, 3.05) is 0 Å². The summed E-state index contributed by atoms with van der Waals surface area (Å²) in [7, 11) is 0. The third kappa shape index (κ3) is 47.9. The SMILES string of the molecule is C=O.O=C(O)CCC(=O)O.O=C(O)CCC(=O)O.[H-].[Na+]. The molecule has 19 heavy (non-hydrogen) atoms. The van der Waals surface area contributed by atoms with Gasteiger partial charge in [0.15, 0.2) is 0 Å². The molecule has 0 aliphatic heterocycles. The number of carboxylic acids is 4. The Morgan fingerprint density at radius 2 is 0.737 bits per heavy atom. The molecule has 9 nitrogen and oxygen atoms in total. The van der Waals surface area contributed by atoms with Crippen molar-refractivity contribution in [2.45, 2.75) is 25.7 Å². The average molecular weight is 290 g/mol. The summed E-state index contributed by atoms with van der Waals surface area (Å²) in [6.45, 7) is 2.00. The first-order valence-corrected chi connectivity index (χ1v) is 4.41. The first kappa shape index (κ1) is 26.2. The molecule has 0 heterocycles. The molecule has 0 spiro atoms. The summed E-state index contributed by atoms with van der Waals surface area (Å²) in [6, 6.07) is 0. The molecule has 0 aliphatic rings. The molecule has 0 bridgehead atoms. The van der Waals surface area contributed by atoms with Crippen LogP contribution < -0.4 is 29.6 Å².